The second-order valence-electron chi connectivity index (χ2n) is 6.56. The quantitative estimate of drug-likeness (QED) is 0.518. The van der Waals surface area contributed by atoms with E-state index >= 15 is 0 Å². The Morgan fingerprint density at radius 3 is 2.03 bits per heavy atom. The molecule has 2 aromatic rings. The van der Waals surface area contributed by atoms with E-state index < -0.39 is 27.1 Å². The minimum Gasteiger partial charge on any atom is -0.336 e. The fourth-order valence-electron chi connectivity index (χ4n) is 3.11. The largest absolute Gasteiger partial charge is 0.336 e. The van der Waals surface area contributed by atoms with Crippen LogP contribution in [0.3, 0.4) is 0 Å². The van der Waals surface area contributed by atoms with Crippen LogP contribution in [0.25, 0.3) is 0 Å². The molecule has 0 spiro atoms. The molecule has 1 fully saturated rings. The van der Waals surface area contributed by atoms with Crippen molar-refractivity contribution >= 4 is 40.5 Å². The molecule has 152 valence electrons. The Kier molecular flexibility index (Phi) is 6.31. The molecule has 2 aromatic carbocycles. The zero-order valence-electron chi connectivity index (χ0n) is 15.1. The van der Waals surface area contributed by atoms with E-state index in [2.05, 4.69) is 4.90 Å². The van der Waals surface area contributed by atoms with Crippen molar-refractivity contribution in [2.24, 2.45) is 0 Å². The first-order valence-corrected chi connectivity index (χ1v) is 9.39. The molecule has 1 heterocycles. The molecule has 0 radical (unpaired) electrons. The normalized spacial score (nSPS) is 14.6. The van der Waals surface area contributed by atoms with Gasteiger partial charge in [0.15, 0.2) is 0 Å². The third kappa shape index (κ3) is 5.00. The molecule has 1 amide bonds. The standard InChI is InChI=1S/C18H16Cl2N4O5/c19-14-2-1-12(17(20)9-14)11-21-3-5-22(6-4-21)18(25)13-7-15(23(26)27)10-16(8-13)24(28)29/h1-2,7-10H,3-6,11H2. The van der Waals surface area contributed by atoms with Gasteiger partial charge in [-0.3, -0.25) is 29.9 Å². The molecule has 9 nitrogen and oxygen atoms in total. The van der Waals surface area contributed by atoms with Gasteiger partial charge in [0.2, 0.25) is 0 Å². The molecule has 0 N–H and O–H groups in total. The lowest BCUT2D eigenvalue weighted by molar-refractivity contribution is -0.394. The predicted molar refractivity (Wildman–Crippen MR) is 107 cm³/mol. The molecular weight excluding hydrogens is 423 g/mol. The molecule has 0 unspecified atom stereocenters. The summed E-state index contributed by atoms with van der Waals surface area (Å²) < 4.78 is 0. The Balaban J connectivity index is 1.68. The number of nitro groups is 2. The third-order valence-corrected chi connectivity index (χ3v) is 5.23. The number of rotatable bonds is 5. The number of benzene rings is 2. The average molecular weight is 439 g/mol. The van der Waals surface area contributed by atoms with E-state index in [1.54, 1.807) is 12.1 Å². The summed E-state index contributed by atoms with van der Waals surface area (Å²) in [5, 5.41) is 23.2. The lowest BCUT2D eigenvalue weighted by Crippen LogP contribution is -2.48. The second-order valence-corrected chi connectivity index (χ2v) is 7.40. The van der Waals surface area contributed by atoms with Gasteiger partial charge in [0.25, 0.3) is 17.3 Å². The van der Waals surface area contributed by atoms with E-state index in [0.717, 1.165) is 23.8 Å². The summed E-state index contributed by atoms with van der Waals surface area (Å²) in [4.78, 5) is 36.9. The van der Waals surface area contributed by atoms with Crippen molar-refractivity contribution in [1.82, 2.24) is 9.80 Å². The summed E-state index contributed by atoms with van der Waals surface area (Å²) in [5.41, 5.74) is -0.123. The van der Waals surface area contributed by atoms with Gasteiger partial charge in [-0.25, -0.2) is 0 Å². The Bertz CT molecular complexity index is 944. The monoisotopic (exact) mass is 438 g/mol. The SMILES string of the molecule is O=C(c1cc([N+](=O)[O-])cc([N+](=O)[O-])c1)N1CCN(Cc2ccc(Cl)cc2Cl)CC1. The summed E-state index contributed by atoms with van der Waals surface area (Å²) in [6, 6.07) is 8.25. The Hall–Kier alpha value is -2.75. The van der Waals surface area contributed by atoms with Crippen LogP contribution >= 0.6 is 23.2 Å². The molecule has 1 aliphatic rings. The Morgan fingerprint density at radius 1 is 0.931 bits per heavy atom. The van der Waals surface area contributed by atoms with Crippen LogP contribution in [0.5, 0.6) is 0 Å². The molecule has 0 aliphatic carbocycles. The van der Waals surface area contributed by atoms with Gasteiger partial charge in [-0.1, -0.05) is 29.3 Å². The minimum absolute atomic E-state index is 0.0694. The molecule has 0 atom stereocenters. The highest BCUT2D eigenvalue weighted by molar-refractivity contribution is 6.35. The Labute approximate surface area is 175 Å². The van der Waals surface area contributed by atoms with E-state index in [1.165, 1.54) is 4.90 Å². The number of piperazine rings is 1. The number of halogens is 2. The molecule has 1 saturated heterocycles. The van der Waals surface area contributed by atoms with Crippen LogP contribution in [0, 0.1) is 20.2 Å². The maximum Gasteiger partial charge on any atom is 0.277 e. The van der Waals surface area contributed by atoms with Crippen LogP contribution in [0.4, 0.5) is 11.4 Å². The van der Waals surface area contributed by atoms with Gasteiger partial charge in [-0.15, -0.1) is 0 Å². The first kappa shape index (κ1) is 21.0. The smallest absolute Gasteiger partial charge is 0.277 e. The minimum atomic E-state index is -0.752. The number of nitrogens with zero attached hydrogens (tertiary/aromatic N) is 4. The lowest BCUT2D eigenvalue weighted by atomic mass is 10.1. The zero-order valence-corrected chi connectivity index (χ0v) is 16.6. The maximum atomic E-state index is 12.7. The summed E-state index contributed by atoms with van der Waals surface area (Å²) in [6.45, 7) is 2.52. The van der Waals surface area contributed by atoms with E-state index in [-0.39, 0.29) is 5.56 Å². The summed E-state index contributed by atoms with van der Waals surface area (Å²) in [6.07, 6.45) is 0. The molecule has 3 rings (SSSR count). The fourth-order valence-corrected chi connectivity index (χ4v) is 3.58. The van der Waals surface area contributed by atoms with Gasteiger partial charge in [0, 0.05) is 54.9 Å². The number of hydrogen-bond donors (Lipinski definition) is 0. The fraction of sp³-hybridized carbons (Fsp3) is 0.278. The number of hydrogen-bond acceptors (Lipinski definition) is 6. The summed E-state index contributed by atoms with van der Waals surface area (Å²) in [7, 11) is 0. The summed E-state index contributed by atoms with van der Waals surface area (Å²) in [5.74, 6) is -0.471. The number of non-ortho nitro benzene ring substituents is 2. The number of carbonyl (C=O) groups is 1. The first-order valence-electron chi connectivity index (χ1n) is 8.64. The second kappa shape index (κ2) is 8.73. The molecule has 29 heavy (non-hydrogen) atoms. The van der Waals surface area contributed by atoms with Crippen molar-refractivity contribution in [3.8, 4) is 0 Å². The predicted octanol–water partition coefficient (Wildman–Crippen LogP) is 3.77. The van der Waals surface area contributed by atoms with Gasteiger partial charge >= 0.3 is 0 Å². The van der Waals surface area contributed by atoms with Gasteiger partial charge in [0.1, 0.15) is 0 Å². The zero-order chi connectivity index (χ0) is 21.1. The van der Waals surface area contributed by atoms with E-state index in [0.29, 0.717) is 42.8 Å². The van der Waals surface area contributed by atoms with Crippen molar-refractivity contribution in [1.29, 1.82) is 0 Å². The maximum absolute atomic E-state index is 12.7. The van der Waals surface area contributed by atoms with Crippen LogP contribution in [-0.4, -0.2) is 51.7 Å². The molecule has 0 saturated carbocycles. The van der Waals surface area contributed by atoms with Crippen LogP contribution in [0.1, 0.15) is 15.9 Å². The van der Waals surface area contributed by atoms with E-state index in [9.17, 15) is 25.0 Å². The highest BCUT2D eigenvalue weighted by Crippen LogP contribution is 2.25. The van der Waals surface area contributed by atoms with Gasteiger partial charge < -0.3 is 4.90 Å². The van der Waals surface area contributed by atoms with Crippen molar-refractivity contribution in [3.05, 3.63) is 77.8 Å². The van der Waals surface area contributed by atoms with E-state index in [4.69, 9.17) is 23.2 Å². The van der Waals surface area contributed by atoms with Crippen molar-refractivity contribution in [3.63, 3.8) is 0 Å². The number of nitro benzene ring substituents is 2. The molecular formula is C18H16Cl2N4O5. The van der Waals surface area contributed by atoms with Crippen molar-refractivity contribution < 1.29 is 14.6 Å². The van der Waals surface area contributed by atoms with Crippen molar-refractivity contribution in [2.45, 2.75) is 6.54 Å². The molecule has 0 bridgehead atoms. The van der Waals surface area contributed by atoms with Crippen LogP contribution in [0.2, 0.25) is 10.0 Å². The number of amides is 1. The van der Waals surface area contributed by atoms with Crippen molar-refractivity contribution in [2.75, 3.05) is 26.2 Å². The molecule has 0 aromatic heterocycles. The van der Waals surface area contributed by atoms with Crippen LogP contribution in [-0.2, 0) is 6.54 Å². The number of carbonyl (C=O) groups excluding carboxylic acids is 1. The topological polar surface area (TPSA) is 110 Å². The van der Waals surface area contributed by atoms with Crippen LogP contribution in [0.15, 0.2) is 36.4 Å². The highest BCUT2D eigenvalue weighted by atomic mass is 35.5. The Morgan fingerprint density at radius 2 is 1.52 bits per heavy atom. The van der Waals surface area contributed by atoms with Gasteiger partial charge in [0.05, 0.1) is 21.5 Å². The van der Waals surface area contributed by atoms with Crippen LogP contribution < -0.4 is 0 Å². The molecule has 1 aliphatic heterocycles. The van der Waals surface area contributed by atoms with Gasteiger partial charge in [-0.2, -0.15) is 0 Å². The van der Waals surface area contributed by atoms with E-state index in [1.807, 2.05) is 6.07 Å². The van der Waals surface area contributed by atoms with Gasteiger partial charge in [-0.05, 0) is 17.7 Å². The summed E-state index contributed by atoms with van der Waals surface area (Å²) >= 11 is 12.1. The lowest BCUT2D eigenvalue weighted by Gasteiger charge is -2.35. The highest BCUT2D eigenvalue weighted by Gasteiger charge is 2.26. The first-order chi connectivity index (χ1) is 13.7. The third-order valence-electron chi connectivity index (χ3n) is 4.64. The molecule has 11 heteroatoms. The average Bonchev–Trinajstić information content (AvgIpc) is 2.69.